The van der Waals surface area contributed by atoms with E-state index < -0.39 is 28.3 Å². The summed E-state index contributed by atoms with van der Waals surface area (Å²) in [6.45, 7) is 0.244. The van der Waals surface area contributed by atoms with Gasteiger partial charge in [0.05, 0.1) is 10.6 Å². The first-order valence-corrected chi connectivity index (χ1v) is 12.7. The number of amides is 1. The third-order valence-electron chi connectivity index (χ3n) is 5.39. The van der Waals surface area contributed by atoms with Crippen LogP contribution in [0.3, 0.4) is 0 Å². The number of benzene rings is 4. The van der Waals surface area contributed by atoms with E-state index in [4.69, 9.17) is 4.74 Å². The molecule has 0 aliphatic rings. The molecule has 0 radical (unpaired) electrons. The van der Waals surface area contributed by atoms with Gasteiger partial charge in [0.2, 0.25) is 5.91 Å². The van der Waals surface area contributed by atoms with Gasteiger partial charge in [0.15, 0.2) is 0 Å². The molecule has 6 nitrogen and oxygen atoms in total. The molecule has 4 aromatic carbocycles. The number of ether oxygens (including phenoxy) is 1. The maximum absolute atomic E-state index is 13.3. The number of nitrogens with zero attached hydrogens (tertiary/aromatic N) is 1. The van der Waals surface area contributed by atoms with Crippen LogP contribution in [-0.4, -0.2) is 20.9 Å². The summed E-state index contributed by atoms with van der Waals surface area (Å²) in [6, 6.07) is 30.0. The van der Waals surface area contributed by atoms with E-state index >= 15 is 0 Å². The van der Waals surface area contributed by atoms with Gasteiger partial charge in [0.1, 0.15) is 24.7 Å². The molecule has 0 bridgehead atoms. The first-order chi connectivity index (χ1) is 17.4. The van der Waals surface area contributed by atoms with Crippen LogP contribution in [0.15, 0.2) is 114 Å². The van der Waals surface area contributed by atoms with Crippen LogP contribution in [0.1, 0.15) is 11.1 Å². The van der Waals surface area contributed by atoms with Crippen molar-refractivity contribution in [1.82, 2.24) is 5.32 Å². The molecule has 184 valence electrons. The van der Waals surface area contributed by atoms with Gasteiger partial charge in [-0.15, -0.1) is 0 Å². The predicted octanol–water partition coefficient (Wildman–Crippen LogP) is 4.92. The summed E-state index contributed by atoms with van der Waals surface area (Å²) in [5.41, 5.74) is 2.23. The number of anilines is 1. The van der Waals surface area contributed by atoms with Crippen LogP contribution in [0.4, 0.5) is 10.1 Å². The van der Waals surface area contributed by atoms with Crippen molar-refractivity contribution in [2.24, 2.45) is 0 Å². The van der Waals surface area contributed by atoms with Gasteiger partial charge in [-0.25, -0.2) is 12.8 Å². The Hall–Kier alpha value is -4.17. The number of sulfonamides is 1. The lowest BCUT2D eigenvalue weighted by Gasteiger charge is -2.24. The van der Waals surface area contributed by atoms with Crippen LogP contribution in [0.25, 0.3) is 0 Å². The minimum absolute atomic E-state index is 0.105. The number of halogens is 1. The molecule has 0 saturated heterocycles. The highest BCUT2D eigenvalue weighted by Crippen LogP contribution is 2.23. The molecular weight excluding hydrogens is 479 g/mol. The SMILES string of the molecule is O=C(CN(c1ccccc1)S(=O)(=O)c1ccc(F)cc1)NCc1ccc(OCc2ccccc2)cc1. The fourth-order valence-electron chi connectivity index (χ4n) is 3.47. The zero-order valence-electron chi connectivity index (χ0n) is 19.4. The molecule has 0 heterocycles. The van der Waals surface area contributed by atoms with Crippen LogP contribution in [0.5, 0.6) is 5.75 Å². The highest BCUT2D eigenvalue weighted by atomic mass is 32.2. The van der Waals surface area contributed by atoms with Gasteiger partial charge in [-0.05, 0) is 59.7 Å². The maximum atomic E-state index is 13.3. The first-order valence-electron chi connectivity index (χ1n) is 11.3. The Morgan fingerprint density at radius 1 is 0.778 bits per heavy atom. The molecule has 0 atom stereocenters. The van der Waals surface area contributed by atoms with E-state index in [2.05, 4.69) is 5.32 Å². The molecule has 0 aliphatic carbocycles. The van der Waals surface area contributed by atoms with Crippen LogP contribution < -0.4 is 14.4 Å². The topological polar surface area (TPSA) is 75.7 Å². The zero-order valence-corrected chi connectivity index (χ0v) is 20.2. The third kappa shape index (κ3) is 6.49. The Morgan fingerprint density at radius 3 is 2.03 bits per heavy atom. The summed E-state index contributed by atoms with van der Waals surface area (Å²) < 4.78 is 46.7. The van der Waals surface area contributed by atoms with Gasteiger partial charge in [0.25, 0.3) is 10.0 Å². The molecule has 0 aromatic heterocycles. The maximum Gasteiger partial charge on any atom is 0.264 e. The molecule has 1 N–H and O–H groups in total. The van der Waals surface area contributed by atoms with E-state index in [1.54, 1.807) is 30.3 Å². The van der Waals surface area contributed by atoms with Crippen LogP contribution in [-0.2, 0) is 28.0 Å². The van der Waals surface area contributed by atoms with Gasteiger partial charge < -0.3 is 10.1 Å². The average Bonchev–Trinajstić information content (AvgIpc) is 2.91. The van der Waals surface area contributed by atoms with Crippen molar-refractivity contribution in [2.75, 3.05) is 10.8 Å². The normalized spacial score (nSPS) is 11.0. The quantitative estimate of drug-likeness (QED) is 0.333. The zero-order chi connectivity index (χ0) is 25.4. The minimum Gasteiger partial charge on any atom is -0.489 e. The molecular formula is C28H25FN2O4S. The summed E-state index contributed by atoms with van der Waals surface area (Å²) in [5.74, 6) is -0.321. The number of rotatable bonds is 10. The monoisotopic (exact) mass is 504 g/mol. The van der Waals surface area contributed by atoms with E-state index in [9.17, 15) is 17.6 Å². The van der Waals surface area contributed by atoms with Gasteiger partial charge in [0, 0.05) is 6.54 Å². The summed E-state index contributed by atoms with van der Waals surface area (Å²) in [4.78, 5) is 12.7. The Labute approximate surface area is 210 Å². The van der Waals surface area contributed by atoms with Crippen molar-refractivity contribution < 1.29 is 22.3 Å². The van der Waals surface area contributed by atoms with E-state index in [0.717, 1.165) is 27.6 Å². The third-order valence-corrected chi connectivity index (χ3v) is 7.18. The second kappa shape index (κ2) is 11.5. The Kier molecular flexibility index (Phi) is 7.97. The number of carbonyl (C=O) groups is 1. The van der Waals surface area contributed by atoms with Gasteiger partial charge in [-0.2, -0.15) is 0 Å². The lowest BCUT2D eigenvalue weighted by Crippen LogP contribution is -2.40. The van der Waals surface area contributed by atoms with Crippen molar-refractivity contribution in [3.8, 4) is 5.75 Å². The number of nitrogens with one attached hydrogen (secondary N) is 1. The molecule has 0 aliphatic heterocycles. The highest BCUT2D eigenvalue weighted by molar-refractivity contribution is 7.92. The fraction of sp³-hybridized carbons (Fsp3) is 0.107. The lowest BCUT2D eigenvalue weighted by atomic mass is 10.2. The summed E-state index contributed by atoms with van der Waals surface area (Å²) in [5, 5.41) is 2.76. The number of hydrogen-bond donors (Lipinski definition) is 1. The highest BCUT2D eigenvalue weighted by Gasteiger charge is 2.27. The Bertz CT molecular complexity index is 1380. The standard InChI is InChI=1S/C28H25FN2O4S/c29-24-13-17-27(18-14-24)36(33,34)31(25-9-5-2-6-10-25)20-28(32)30-19-22-11-15-26(16-12-22)35-21-23-7-3-1-4-8-23/h1-18H,19-21H2,(H,30,32). The molecule has 8 heteroatoms. The summed E-state index contributed by atoms with van der Waals surface area (Å²) in [7, 11) is -4.09. The summed E-state index contributed by atoms with van der Waals surface area (Å²) in [6.07, 6.45) is 0. The Morgan fingerprint density at radius 2 is 1.39 bits per heavy atom. The lowest BCUT2D eigenvalue weighted by molar-refractivity contribution is -0.119. The second-order valence-electron chi connectivity index (χ2n) is 8.00. The number of para-hydroxylation sites is 1. The van der Waals surface area contributed by atoms with Crippen molar-refractivity contribution >= 4 is 21.6 Å². The van der Waals surface area contributed by atoms with E-state index in [1.165, 1.54) is 12.1 Å². The Balaban J connectivity index is 1.39. The van der Waals surface area contributed by atoms with Gasteiger partial charge in [-0.3, -0.25) is 9.10 Å². The van der Waals surface area contributed by atoms with Gasteiger partial charge >= 0.3 is 0 Å². The van der Waals surface area contributed by atoms with E-state index in [0.29, 0.717) is 18.0 Å². The molecule has 4 rings (SSSR count). The van der Waals surface area contributed by atoms with Crippen molar-refractivity contribution in [3.05, 3.63) is 126 Å². The molecule has 0 saturated carbocycles. The molecule has 4 aromatic rings. The fourth-order valence-corrected chi connectivity index (χ4v) is 4.90. The molecule has 36 heavy (non-hydrogen) atoms. The van der Waals surface area contributed by atoms with E-state index in [-0.39, 0.29) is 11.4 Å². The number of hydrogen-bond acceptors (Lipinski definition) is 4. The first kappa shape index (κ1) is 24.9. The molecule has 0 unspecified atom stereocenters. The van der Waals surface area contributed by atoms with E-state index in [1.807, 2.05) is 54.6 Å². The molecule has 1 amide bonds. The van der Waals surface area contributed by atoms with Crippen molar-refractivity contribution in [1.29, 1.82) is 0 Å². The smallest absolute Gasteiger partial charge is 0.264 e. The molecule has 0 spiro atoms. The van der Waals surface area contributed by atoms with Crippen LogP contribution in [0, 0.1) is 5.82 Å². The van der Waals surface area contributed by atoms with Crippen LogP contribution >= 0.6 is 0 Å². The van der Waals surface area contributed by atoms with Crippen LogP contribution in [0.2, 0.25) is 0 Å². The average molecular weight is 505 g/mol. The van der Waals surface area contributed by atoms with Gasteiger partial charge in [-0.1, -0.05) is 60.7 Å². The van der Waals surface area contributed by atoms with Crippen molar-refractivity contribution in [2.45, 2.75) is 18.0 Å². The van der Waals surface area contributed by atoms with Crippen molar-refractivity contribution in [3.63, 3.8) is 0 Å². The second-order valence-corrected chi connectivity index (χ2v) is 9.86. The molecule has 0 fully saturated rings. The minimum atomic E-state index is -4.09. The predicted molar refractivity (Wildman–Crippen MR) is 136 cm³/mol. The number of carbonyl (C=O) groups excluding carboxylic acids is 1. The summed E-state index contributed by atoms with van der Waals surface area (Å²) >= 11 is 0. The largest absolute Gasteiger partial charge is 0.489 e.